The second kappa shape index (κ2) is 10.8. The quantitative estimate of drug-likeness (QED) is 0.416. The summed E-state index contributed by atoms with van der Waals surface area (Å²) in [6, 6.07) is 10.7. The van der Waals surface area contributed by atoms with Gasteiger partial charge in [0, 0.05) is 0 Å². The zero-order chi connectivity index (χ0) is 20.8. The Morgan fingerprint density at radius 3 is 2.07 bits per heavy atom. The zero-order valence-electron chi connectivity index (χ0n) is 19.3. The van der Waals surface area contributed by atoms with Crippen LogP contribution in [-0.2, 0) is 0 Å². The number of hydrogen-bond acceptors (Lipinski definition) is 1. The second-order valence-corrected chi connectivity index (χ2v) is 11.0. The highest BCUT2D eigenvalue weighted by Crippen LogP contribution is 2.51. The van der Waals surface area contributed by atoms with Gasteiger partial charge in [-0.25, -0.2) is 0 Å². The van der Waals surface area contributed by atoms with Crippen LogP contribution in [0.2, 0.25) is 0 Å². The fourth-order valence-corrected chi connectivity index (χ4v) is 7.29. The molecule has 0 saturated heterocycles. The van der Waals surface area contributed by atoms with Crippen molar-refractivity contribution in [3.05, 3.63) is 35.4 Å². The van der Waals surface area contributed by atoms with Crippen LogP contribution in [0.4, 0.5) is 0 Å². The topological polar surface area (TPSA) is 23.8 Å². The summed E-state index contributed by atoms with van der Waals surface area (Å²) in [5.74, 6) is 5.85. The normalized spacial score (nSPS) is 34.1. The van der Waals surface area contributed by atoms with Crippen molar-refractivity contribution in [2.24, 2.45) is 29.6 Å². The van der Waals surface area contributed by atoms with Gasteiger partial charge in [0.1, 0.15) is 0 Å². The molecule has 3 aliphatic rings. The average Bonchev–Trinajstić information content (AvgIpc) is 2.81. The lowest BCUT2D eigenvalue weighted by atomic mass is 9.60. The summed E-state index contributed by atoms with van der Waals surface area (Å²) in [7, 11) is 0. The van der Waals surface area contributed by atoms with E-state index in [9.17, 15) is 0 Å². The highest BCUT2D eigenvalue weighted by molar-refractivity contribution is 5.33. The Kier molecular flexibility index (Phi) is 7.92. The van der Waals surface area contributed by atoms with E-state index in [0.717, 1.165) is 41.1 Å². The maximum atomic E-state index is 9.05. The highest BCUT2D eigenvalue weighted by Gasteiger charge is 2.39. The molecule has 1 heteroatoms. The number of hydrogen-bond donors (Lipinski definition) is 0. The number of unbranched alkanes of at least 4 members (excludes halogenated alkanes) is 3. The van der Waals surface area contributed by atoms with Crippen molar-refractivity contribution in [3.8, 4) is 6.07 Å². The van der Waals surface area contributed by atoms with E-state index < -0.39 is 0 Å². The summed E-state index contributed by atoms with van der Waals surface area (Å²) < 4.78 is 0. The first-order valence-electron chi connectivity index (χ1n) is 13.3. The van der Waals surface area contributed by atoms with E-state index in [1.54, 1.807) is 0 Å². The van der Waals surface area contributed by atoms with Crippen LogP contribution in [0, 0.1) is 40.9 Å². The maximum absolute atomic E-state index is 9.05. The summed E-state index contributed by atoms with van der Waals surface area (Å²) in [4.78, 5) is 0. The molecule has 0 heterocycles. The largest absolute Gasteiger partial charge is 0.192 e. The van der Waals surface area contributed by atoms with Gasteiger partial charge >= 0.3 is 0 Å². The molecule has 0 aliphatic heterocycles. The van der Waals surface area contributed by atoms with E-state index >= 15 is 0 Å². The Bertz CT molecular complexity index is 675. The fraction of sp³-hybridized carbons (Fsp3) is 0.759. The molecule has 0 radical (unpaired) electrons. The van der Waals surface area contributed by atoms with Crippen LogP contribution < -0.4 is 0 Å². The lowest BCUT2D eigenvalue weighted by Crippen LogP contribution is -2.34. The third kappa shape index (κ3) is 5.49. The Labute approximate surface area is 185 Å². The van der Waals surface area contributed by atoms with Crippen LogP contribution >= 0.6 is 0 Å². The van der Waals surface area contributed by atoms with Gasteiger partial charge < -0.3 is 0 Å². The molecule has 3 saturated carbocycles. The number of rotatable bonds is 7. The lowest BCUT2D eigenvalue weighted by Gasteiger charge is -2.45. The monoisotopic (exact) mass is 405 g/mol. The molecule has 3 fully saturated rings. The molecule has 30 heavy (non-hydrogen) atoms. The van der Waals surface area contributed by atoms with Crippen molar-refractivity contribution in [3.63, 3.8) is 0 Å². The van der Waals surface area contributed by atoms with Gasteiger partial charge in [-0.15, -0.1) is 0 Å². The molecule has 1 aromatic carbocycles. The van der Waals surface area contributed by atoms with E-state index in [0.29, 0.717) is 0 Å². The van der Waals surface area contributed by atoms with Crippen molar-refractivity contribution in [1.29, 1.82) is 5.26 Å². The number of benzene rings is 1. The molecule has 0 N–H and O–H groups in total. The maximum Gasteiger partial charge on any atom is 0.0991 e. The third-order valence-corrected chi connectivity index (χ3v) is 9.19. The van der Waals surface area contributed by atoms with Crippen LogP contribution in [0.15, 0.2) is 24.3 Å². The molecule has 4 unspecified atom stereocenters. The molecule has 4 rings (SSSR count). The predicted molar refractivity (Wildman–Crippen MR) is 126 cm³/mol. The van der Waals surface area contributed by atoms with E-state index in [1.807, 2.05) is 12.1 Å². The van der Waals surface area contributed by atoms with Crippen LogP contribution in [0.1, 0.15) is 120 Å². The van der Waals surface area contributed by atoms with Crippen molar-refractivity contribution in [2.45, 2.75) is 109 Å². The highest BCUT2D eigenvalue weighted by atomic mass is 14.4. The summed E-state index contributed by atoms with van der Waals surface area (Å²) in [6.07, 6.45) is 22.1. The third-order valence-electron chi connectivity index (χ3n) is 9.19. The molecule has 0 bridgehead atoms. The van der Waals surface area contributed by atoms with Gasteiger partial charge in [0.2, 0.25) is 0 Å². The molecule has 0 amide bonds. The van der Waals surface area contributed by atoms with Crippen LogP contribution in [0.25, 0.3) is 0 Å². The van der Waals surface area contributed by atoms with E-state index in [2.05, 4.69) is 25.1 Å². The van der Waals surface area contributed by atoms with Gasteiger partial charge in [-0.1, -0.05) is 64.0 Å². The van der Waals surface area contributed by atoms with E-state index in [-0.39, 0.29) is 0 Å². The van der Waals surface area contributed by atoms with E-state index in [1.165, 1.54) is 102 Å². The molecule has 0 spiro atoms. The van der Waals surface area contributed by atoms with Crippen molar-refractivity contribution < 1.29 is 0 Å². The van der Waals surface area contributed by atoms with Gasteiger partial charge in [0.15, 0.2) is 0 Å². The van der Waals surface area contributed by atoms with Crippen LogP contribution in [0.5, 0.6) is 0 Å². The van der Waals surface area contributed by atoms with Gasteiger partial charge in [-0.3, -0.25) is 0 Å². The molecule has 4 atom stereocenters. The van der Waals surface area contributed by atoms with Crippen LogP contribution in [0.3, 0.4) is 0 Å². The lowest BCUT2D eigenvalue weighted by molar-refractivity contribution is 0.0710. The minimum absolute atomic E-state index is 0.735. The Morgan fingerprint density at radius 1 is 0.733 bits per heavy atom. The summed E-state index contributed by atoms with van der Waals surface area (Å²) in [5, 5.41) is 9.05. The minimum Gasteiger partial charge on any atom is -0.192 e. The first kappa shape index (κ1) is 21.9. The molecule has 3 aliphatic carbocycles. The van der Waals surface area contributed by atoms with Gasteiger partial charge in [-0.05, 0) is 105 Å². The molecule has 1 nitrogen and oxygen atoms in total. The Morgan fingerprint density at radius 2 is 1.37 bits per heavy atom. The summed E-state index contributed by atoms with van der Waals surface area (Å²) >= 11 is 0. The van der Waals surface area contributed by atoms with E-state index in [4.69, 9.17) is 5.26 Å². The SMILES string of the molecule is CCCCCCC1CCC(C2CCC3CC(c4ccc(C#N)cc4)CCC3C2)CC1. The Hall–Kier alpha value is -1.29. The number of fused-ring (bicyclic) bond motifs is 1. The Balaban J connectivity index is 1.21. The molecule has 1 aromatic rings. The molecular weight excluding hydrogens is 362 g/mol. The molecule has 164 valence electrons. The smallest absolute Gasteiger partial charge is 0.0991 e. The van der Waals surface area contributed by atoms with Crippen LogP contribution in [-0.4, -0.2) is 0 Å². The standard InChI is InChI=1S/C29H43N/c1-2-3-4-5-6-22-7-11-24(12-8-22)26-15-17-29-20-27(16-18-28(29)19-26)25-13-9-23(21-30)10-14-25/h9-10,13-14,22,24,26-29H,2-8,11-12,15-20H2,1H3. The van der Waals surface area contributed by atoms with Crippen molar-refractivity contribution in [2.75, 3.05) is 0 Å². The average molecular weight is 406 g/mol. The second-order valence-electron chi connectivity index (χ2n) is 11.0. The first-order valence-corrected chi connectivity index (χ1v) is 13.3. The van der Waals surface area contributed by atoms with Gasteiger partial charge in [0.05, 0.1) is 11.6 Å². The predicted octanol–water partition coefficient (Wildman–Crippen LogP) is 8.64. The summed E-state index contributed by atoms with van der Waals surface area (Å²) in [6.45, 7) is 2.32. The fourth-order valence-electron chi connectivity index (χ4n) is 7.29. The molecular formula is C29H43N. The number of nitriles is 1. The first-order chi connectivity index (χ1) is 14.8. The van der Waals surface area contributed by atoms with Crippen molar-refractivity contribution >= 4 is 0 Å². The zero-order valence-corrected chi connectivity index (χ0v) is 19.3. The molecule has 0 aromatic heterocycles. The van der Waals surface area contributed by atoms with Gasteiger partial charge in [-0.2, -0.15) is 5.26 Å². The number of nitrogens with zero attached hydrogens (tertiary/aromatic N) is 1. The summed E-state index contributed by atoms with van der Waals surface area (Å²) in [5.41, 5.74) is 2.27. The van der Waals surface area contributed by atoms with Gasteiger partial charge in [0.25, 0.3) is 0 Å². The van der Waals surface area contributed by atoms with Crippen molar-refractivity contribution in [1.82, 2.24) is 0 Å². The minimum atomic E-state index is 0.735.